The van der Waals surface area contributed by atoms with Gasteiger partial charge in [0.05, 0.1) is 31.3 Å². The van der Waals surface area contributed by atoms with Crippen LogP contribution in [0.1, 0.15) is 26.7 Å². The molecule has 0 aromatic carbocycles. The number of pyridine rings is 2. The number of amides is 1. The average molecular weight is 513 g/mol. The molecule has 2 aromatic rings. The molecule has 3 rings (SSSR count). The molecule has 1 aliphatic heterocycles. The number of hydrogen-bond acceptors (Lipinski definition) is 10. The molecule has 2 aromatic heterocycles. The van der Waals surface area contributed by atoms with Crippen molar-refractivity contribution < 1.29 is 36.9 Å². The normalized spacial score (nSPS) is 14.6. The maximum atomic E-state index is 14.6. The number of carbonyl (C=O) groups excluding carboxylic acids is 1. The van der Waals surface area contributed by atoms with E-state index >= 15 is 0 Å². The van der Waals surface area contributed by atoms with E-state index in [1.165, 1.54) is 19.4 Å². The lowest BCUT2D eigenvalue weighted by Crippen LogP contribution is -2.42. The summed E-state index contributed by atoms with van der Waals surface area (Å²) in [7, 11) is -2.48. The average Bonchev–Trinajstić information content (AvgIpc) is 2.80. The molecule has 1 fully saturated rings. The second-order valence-electron chi connectivity index (χ2n) is 8.08. The van der Waals surface area contributed by atoms with Crippen molar-refractivity contribution in [1.82, 2.24) is 14.9 Å². The van der Waals surface area contributed by atoms with Gasteiger partial charge in [0.15, 0.2) is 26.4 Å². The maximum absolute atomic E-state index is 14.6. The molecule has 1 amide bonds. The summed E-state index contributed by atoms with van der Waals surface area (Å²) in [6.07, 6.45) is 1.91. The van der Waals surface area contributed by atoms with E-state index in [0.717, 1.165) is 6.07 Å². The Morgan fingerprint density at radius 1 is 1.29 bits per heavy atom. The van der Waals surface area contributed by atoms with E-state index in [1.807, 2.05) is 0 Å². The van der Waals surface area contributed by atoms with Crippen LogP contribution < -0.4 is 14.8 Å². The van der Waals surface area contributed by atoms with E-state index in [0.29, 0.717) is 31.7 Å². The van der Waals surface area contributed by atoms with Gasteiger partial charge in [-0.3, -0.25) is 0 Å². The van der Waals surface area contributed by atoms with Gasteiger partial charge in [-0.25, -0.2) is 23.2 Å². The molecule has 0 atom stereocenters. The molecule has 192 valence electrons. The Morgan fingerprint density at radius 2 is 2.00 bits per heavy atom. The van der Waals surface area contributed by atoms with Crippen LogP contribution in [-0.4, -0.2) is 79.3 Å². The number of methoxy groups -OCH3 is 1. The summed E-state index contributed by atoms with van der Waals surface area (Å²) in [6.45, 7) is 3.96. The quantitative estimate of drug-likeness (QED) is 0.482. The lowest BCUT2D eigenvalue weighted by molar-refractivity contribution is 0.0511. The van der Waals surface area contributed by atoms with Crippen LogP contribution in [0.2, 0.25) is 0 Å². The minimum absolute atomic E-state index is 0.118. The van der Waals surface area contributed by atoms with Gasteiger partial charge in [-0.2, -0.15) is 4.39 Å². The molecular weight excluding hydrogens is 483 g/mol. The molecule has 1 saturated heterocycles. The summed E-state index contributed by atoms with van der Waals surface area (Å²) in [4.78, 5) is 21.4. The number of nitrogens with zero attached hydrogens (tertiary/aromatic N) is 3. The van der Waals surface area contributed by atoms with Gasteiger partial charge in [-0.05, 0) is 26.0 Å². The standard InChI is InChI=1S/C22H29FN4O7S/c1-14(2)33-22(29)27-10-7-15(8-11-27)34-17-6-9-24-21(19(17)32-3)25-16-4-5-18(26-20(16)23)35(30,31)13-12-28/h4-6,9,14-15,28H,7-8,10-13H2,1-3H3,(H,24,25). The lowest BCUT2D eigenvalue weighted by Gasteiger charge is -2.32. The Hall–Kier alpha value is -3.19. The highest BCUT2D eigenvalue weighted by Crippen LogP contribution is 2.36. The van der Waals surface area contributed by atoms with Crippen molar-refractivity contribution in [3.8, 4) is 11.5 Å². The Balaban J connectivity index is 1.71. The van der Waals surface area contributed by atoms with Crippen LogP contribution >= 0.6 is 0 Å². The molecule has 0 unspecified atom stereocenters. The number of piperidine rings is 1. The fourth-order valence-corrected chi connectivity index (χ4v) is 4.40. The topological polar surface area (TPSA) is 140 Å². The molecule has 3 heterocycles. The first-order valence-electron chi connectivity index (χ1n) is 11.1. The van der Waals surface area contributed by atoms with Crippen molar-refractivity contribution in [2.75, 3.05) is 37.9 Å². The number of hydrogen-bond donors (Lipinski definition) is 2. The molecule has 2 N–H and O–H groups in total. The number of likely N-dealkylation sites (tertiary alicyclic amines) is 1. The number of aromatic nitrogens is 2. The minimum atomic E-state index is -3.90. The van der Waals surface area contributed by atoms with Crippen molar-refractivity contribution in [3.05, 3.63) is 30.3 Å². The summed E-state index contributed by atoms with van der Waals surface area (Å²) >= 11 is 0. The molecule has 0 saturated carbocycles. The second kappa shape index (κ2) is 11.5. The van der Waals surface area contributed by atoms with Crippen LogP contribution in [0, 0.1) is 5.95 Å². The van der Waals surface area contributed by atoms with Gasteiger partial charge in [0.1, 0.15) is 6.10 Å². The molecule has 11 nitrogen and oxygen atoms in total. The number of sulfone groups is 1. The summed E-state index contributed by atoms with van der Waals surface area (Å²) in [5, 5.41) is 11.2. The zero-order valence-corrected chi connectivity index (χ0v) is 20.5. The van der Waals surface area contributed by atoms with Gasteiger partial charge in [0.25, 0.3) is 0 Å². The Morgan fingerprint density at radius 3 is 2.60 bits per heavy atom. The highest BCUT2D eigenvalue weighted by molar-refractivity contribution is 7.91. The monoisotopic (exact) mass is 512 g/mol. The zero-order chi connectivity index (χ0) is 25.6. The third-order valence-electron chi connectivity index (χ3n) is 5.16. The number of ether oxygens (including phenoxy) is 3. The third kappa shape index (κ3) is 6.69. The Bertz CT molecular complexity index is 1140. The first-order valence-corrected chi connectivity index (χ1v) is 12.7. The molecular formula is C22H29FN4O7S. The number of aliphatic hydroxyl groups is 1. The summed E-state index contributed by atoms with van der Waals surface area (Å²) in [5.74, 6) is -0.859. The van der Waals surface area contributed by atoms with Gasteiger partial charge < -0.3 is 29.5 Å². The van der Waals surface area contributed by atoms with E-state index in [9.17, 15) is 17.6 Å². The minimum Gasteiger partial charge on any atom is -0.490 e. The highest BCUT2D eigenvalue weighted by Gasteiger charge is 2.27. The number of carbonyl (C=O) groups is 1. The van der Waals surface area contributed by atoms with Crippen molar-refractivity contribution in [2.45, 2.75) is 43.9 Å². The van der Waals surface area contributed by atoms with E-state index in [2.05, 4.69) is 15.3 Å². The van der Waals surface area contributed by atoms with Gasteiger partial charge >= 0.3 is 6.09 Å². The third-order valence-corrected chi connectivity index (χ3v) is 6.74. The van der Waals surface area contributed by atoms with Crippen molar-refractivity contribution >= 4 is 27.4 Å². The molecule has 0 radical (unpaired) electrons. The molecule has 0 bridgehead atoms. The molecule has 1 aliphatic rings. The highest BCUT2D eigenvalue weighted by atomic mass is 32.2. The van der Waals surface area contributed by atoms with Gasteiger partial charge in [-0.1, -0.05) is 0 Å². The van der Waals surface area contributed by atoms with Crippen LogP contribution in [-0.2, 0) is 14.6 Å². The lowest BCUT2D eigenvalue weighted by atomic mass is 10.1. The summed E-state index contributed by atoms with van der Waals surface area (Å²) in [5.41, 5.74) is -0.118. The summed E-state index contributed by atoms with van der Waals surface area (Å²) in [6, 6.07) is 3.97. The van der Waals surface area contributed by atoms with Crippen LogP contribution in [0.4, 0.5) is 20.7 Å². The molecule has 13 heteroatoms. The van der Waals surface area contributed by atoms with Crippen LogP contribution in [0.5, 0.6) is 11.5 Å². The first kappa shape index (κ1) is 26.4. The van der Waals surface area contributed by atoms with Crippen molar-refractivity contribution in [2.24, 2.45) is 0 Å². The van der Waals surface area contributed by atoms with Crippen molar-refractivity contribution in [3.63, 3.8) is 0 Å². The predicted molar refractivity (Wildman–Crippen MR) is 124 cm³/mol. The number of nitrogens with one attached hydrogen (secondary N) is 1. The maximum Gasteiger partial charge on any atom is 0.410 e. The van der Waals surface area contributed by atoms with E-state index in [4.69, 9.17) is 19.3 Å². The van der Waals surface area contributed by atoms with Crippen molar-refractivity contribution in [1.29, 1.82) is 0 Å². The van der Waals surface area contributed by atoms with Crippen LogP contribution in [0.3, 0.4) is 0 Å². The number of anilines is 2. The number of halogens is 1. The largest absolute Gasteiger partial charge is 0.490 e. The molecule has 35 heavy (non-hydrogen) atoms. The van der Waals surface area contributed by atoms with E-state index < -0.39 is 33.2 Å². The molecule has 0 spiro atoms. The van der Waals surface area contributed by atoms with Crippen LogP contribution in [0.25, 0.3) is 0 Å². The van der Waals surface area contributed by atoms with Crippen LogP contribution in [0.15, 0.2) is 29.4 Å². The van der Waals surface area contributed by atoms with E-state index in [-0.39, 0.29) is 35.6 Å². The molecule has 0 aliphatic carbocycles. The first-order chi connectivity index (χ1) is 16.6. The number of aliphatic hydroxyl groups excluding tert-OH is 1. The van der Waals surface area contributed by atoms with Gasteiger partial charge in [0, 0.05) is 38.2 Å². The van der Waals surface area contributed by atoms with Gasteiger partial charge in [-0.15, -0.1) is 0 Å². The zero-order valence-electron chi connectivity index (χ0n) is 19.7. The fraction of sp³-hybridized carbons (Fsp3) is 0.500. The predicted octanol–water partition coefficient (Wildman–Crippen LogP) is 2.52. The summed E-state index contributed by atoms with van der Waals surface area (Å²) < 4.78 is 55.3. The fourth-order valence-electron chi connectivity index (χ4n) is 3.46. The number of rotatable bonds is 9. The Labute approximate surface area is 203 Å². The second-order valence-corrected chi connectivity index (χ2v) is 10.1. The SMILES string of the molecule is COc1c(OC2CCN(C(=O)OC(C)C)CC2)ccnc1Nc1ccc(S(=O)(=O)CCO)nc1F. The van der Waals surface area contributed by atoms with Gasteiger partial charge in [0.2, 0.25) is 11.7 Å². The van der Waals surface area contributed by atoms with E-state index in [1.54, 1.807) is 24.8 Å². The Kier molecular flexibility index (Phi) is 8.67. The smallest absolute Gasteiger partial charge is 0.410 e.